The maximum Gasteiger partial charge on any atom is 0.261 e. The summed E-state index contributed by atoms with van der Waals surface area (Å²) in [5.41, 5.74) is 0. The summed E-state index contributed by atoms with van der Waals surface area (Å²) in [6.45, 7) is 4.16. The van der Waals surface area contributed by atoms with Crippen molar-refractivity contribution < 1.29 is 14.3 Å². The average Bonchev–Trinajstić information content (AvgIpc) is 2.83. The third kappa shape index (κ3) is 4.95. The van der Waals surface area contributed by atoms with Gasteiger partial charge < -0.3 is 15.4 Å². The van der Waals surface area contributed by atoms with Crippen molar-refractivity contribution in [3.63, 3.8) is 0 Å². The Morgan fingerprint density at radius 3 is 2.56 bits per heavy atom. The number of thiophene rings is 1. The number of rotatable bonds is 8. The number of Topliss-reactive ketones (excluding diaryl/α,β-unsaturated/α-hetero) is 1. The third-order valence-electron chi connectivity index (χ3n) is 2.25. The van der Waals surface area contributed by atoms with Gasteiger partial charge >= 0.3 is 0 Å². The molecule has 0 aliphatic heterocycles. The van der Waals surface area contributed by atoms with Crippen molar-refractivity contribution in [3.05, 3.63) is 21.9 Å². The predicted octanol–water partition coefficient (Wildman–Crippen LogP) is 0.916. The lowest BCUT2D eigenvalue weighted by Gasteiger charge is -2.05. The van der Waals surface area contributed by atoms with Crippen LogP contribution in [-0.2, 0) is 4.74 Å². The second-order valence-corrected chi connectivity index (χ2v) is 4.80. The van der Waals surface area contributed by atoms with Gasteiger partial charge in [-0.25, -0.2) is 0 Å². The Morgan fingerprint density at radius 1 is 1.22 bits per heavy atom. The Labute approximate surface area is 111 Å². The van der Waals surface area contributed by atoms with E-state index in [9.17, 15) is 9.59 Å². The highest BCUT2D eigenvalue weighted by Gasteiger charge is 2.10. The molecule has 0 radical (unpaired) electrons. The van der Waals surface area contributed by atoms with Gasteiger partial charge in [-0.3, -0.25) is 9.59 Å². The molecule has 5 nitrogen and oxygen atoms in total. The standard InChI is InChI=1S/C12H18N2O3S/c1-9(15)10-3-4-11(18-10)12(16)14-6-5-13-7-8-17-2/h3-4,13H,5-8H2,1-2H3,(H,14,16). The number of carbonyl (C=O) groups is 2. The molecule has 0 aromatic carbocycles. The van der Waals surface area contributed by atoms with Gasteiger partial charge in [0.2, 0.25) is 0 Å². The molecule has 0 saturated carbocycles. The topological polar surface area (TPSA) is 67.4 Å². The third-order valence-corrected chi connectivity index (χ3v) is 3.43. The maximum absolute atomic E-state index is 11.7. The van der Waals surface area contributed by atoms with Crippen LogP contribution >= 0.6 is 11.3 Å². The van der Waals surface area contributed by atoms with Crippen LogP contribution in [0.1, 0.15) is 26.3 Å². The summed E-state index contributed by atoms with van der Waals surface area (Å²) in [6.07, 6.45) is 0. The molecule has 1 rings (SSSR count). The molecule has 2 N–H and O–H groups in total. The highest BCUT2D eigenvalue weighted by atomic mass is 32.1. The van der Waals surface area contributed by atoms with E-state index >= 15 is 0 Å². The molecule has 0 aliphatic carbocycles. The number of ketones is 1. The fourth-order valence-corrected chi connectivity index (χ4v) is 2.12. The van der Waals surface area contributed by atoms with Crippen LogP contribution in [-0.4, -0.2) is 45.0 Å². The van der Waals surface area contributed by atoms with Crippen LogP contribution < -0.4 is 10.6 Å². The van der Waals surface area contributed by atoms with Gasteiger partial charge in [0.1, 0.15) is 0 Å². The number of nitrogens with one attached hydrogen (secondary N) is 2. The van der Waals surface area contributed by atoms with Crippen LogP contribution in [0.15, 0.2) is 12.1 Å². The van der Waals surface area contributed by atoms with E-state index in [0.29, 0.717) is 29.5 Å². The molecule has 1 aromatic heterocycles. The Kier molecular flexibility index (Phi) is 6.56. The summed E-state index contributed by atoms with van der Waals surface area (Å²) in [5, 5.41) is 5.91. The smallest absolute Gasteiger partial charge is 0.261 e. The molecule has 18 heavy (non-hydrogen) atoms. The van der Waals surface area contributed by atoms with Crippen molar-refractivity contribution in [1.29, 1.82) is 0 Å². The van der Waals surface area contributed by atoms with Gasteiger partial charge in [-0.1, -0.05) is 0 Å². The molecule has 100 valence electrons. The summed E-state index contributed by atoms with van der Waals surface area (Å²) >= 11 is 1.22. The van der Waals surface area contributed by atoms with E-state index in [1.807, 2.05) is 0 Å². The van der Waals surface area contributed by atoms with Crippen LogP contribution in [0.4, 0.5) is 0 Å². The molecule has 6 heteroatoms. The first-order chi connectivity index (χ1) is 8.65. The summed E-state index contributed by atoms with van der Waals surface area (Å²) in [5.74, 6) is -0.152. The Morgan fingerprint density at radius 2 is 1.94 bits per heavy atom. The van der Waals surface area contributed by atoms with E-state index in [0.717, 1.165) is 6.54 Å². The molecule has 0 unspecified atom stereocenters. The van der Waals surface area contributed by atoms with Crippen LogP contribution in [0.5, 0.6) is 0 Å². The van der Waals surface area contributed by atoms with Crippen molar-refractivity contribution in [2.24, 2.45) is 0 Å². The van der Waals surface area contributed by atoms with E-state index in [2.05, 4.69) is 10.6 Å². The fourth-order valence-electron chi connectivity index (χ4n) is 1.30. The monoisotopic (exact) mass is 270 g/mol. The first-order valence-electron chi connectivity index (χ1n) is 5.73. The number of amides is 1. The van der Waals surface area contributed by atoms with Gasteiger partial charge in [-0.05, 0) is 19.1 Å². The van der Waals surface area contributed by atoms with Crippen molar-refractivity contribution in [1.82, 2.24) is 10.6 Å². The van der Waals surface area contributed by atoms with E-state index in [-0.39, 0.29) is 11.7 Å². The van der Waals surface area contributed by atoms with Crippen LogP contribution in [0.2, 0.25) is 0 Å². The van der Waals surface area contributed by atoms with Gasteiger partial charge in [-0.2, -0.15) is 0 Å². The van der Waals surface area contributed by atoms with Gasteiger partial charge in [0.25, 0.3) is 5.91 Å². The van der Waals surface area contributed by atoms with E-state index in [4.69, 9.17) is 4.74 Å². The Bertz CT molecular complexity index is 404. The predicted molar refractivity (Wildman–Crippen MR) is 71.4 cm³/mol. The maximum atomic E-state index is 11.7. The molecule has 0 saturated heterocycles. The van der Waals surface area contributed by atoms with E-state index in [1.54, 1.807) is 19.2 Å². The van der Waals surface area contributed by atoms with Crippen LogP contribution in [0, 0.1) is 0 Å². The van der Waals surface area contributed by atoms with E-state index in [1.165, 1.54) is 18.3 Å². The summed E-state index contributed by atoms with van der Waals surface area (Å²) in [7, 11) is 1.65. The minimum atomic E-state index is -0.138. The normalized spacial score (nSPS) is 10.3. The number of hydrogen-bond donors (Lipinski definition) is 2. The van der Waals surface area contributed by atoms with Crippen molar-refractivity contribution in [2.75, 3.05) is 33.4 Å². The molecule has 1 heterocycles. The minimum absolute atomic E-state index is 0.0136. The second kappa shape index (κ2) is 7.97. The summed E-state index contributed by atoms with van der Waals surface area (Å²) in [6, 6.07) is 3.35. The largest absolute Gasteiger partial charge is 0.383 e. The lowest BCUT2D eigenvalue weighted by atomic mass is 10.3. The van der Waals surface area contributed by atoms with E-state index < -0.39 is 0 Å². The SMILES string of the molecule is COCCNCCNC(=O)c1ccc(C(C)=O)s1. The number of carbonyl (C=O) groups excluding carboxylic acids is 2. The quantitative estimate of drug-likeness (QED) is 0.544. The minimum Gasteiger partial charge on any atom is -0.383 e. The van der Waals surface area contributed by atoms with Crippen LogP contribution in [0.3, 0.4) is 0 Å². The summed E-state index contributed by atoms with van der Waals surface area (Å²) < 4.78 is 4.88. The molecular formula is C12H18N2O3S. The molecule has 1 aromatic rings. The van der Waals surface area contributed by atoms with Crippen LogP contribution in [0.25, 0.3) is 0 Å². The van der Waals surface area contributed by atoms with Gasteiger partial charge in [0.15, 0.2) is 5.78 Å². The molecule has 0 bridgehead atoms. The summed E-state index contributed by atoms with van der Waals surface area (Å²) in [4.78, 5) is 24.0. The molecule has 0 fully saturated rings. The molecule has 1 amide bonds. The van der Waals surface area contributed by atoms with Crippen molar-refractivity contribution in [3.8, 4) is 0 Å². The highest BCUT2D eigenvalue weighted by molar-refractivity contribution is 7.15. The lowest BCUT2D eigenvalue weighted by Crippen LogP contribution is -2.32. The van der Waals surface area contributed by atoms with Gasteiger partial charge in [0.05, 0.1) is 16.4 Å². The second-order valence-electron chi connectivity index (χ2n) is 3.72. The zero-order chi connectivity index (χ0) is 13.4. The first kappa shape index (κ1) is 14.8. The number of hydrogen-bond acceptors (Lipinski definition) is 5. The number of ether oxygens (including phenoxy) is 1. The Balaban J connectivity index is 2.25. The molecular weight excluding hydrogens is 252 g/mol. The number of methoxy groups -OCH3 is 1. The van der Waals surface area contributed by atoms with Gasteiger partial charge in [-0.15, -0.1) is 11.3 Å². The zero-order valence-corrected chi connectivity index (χ0v) is 11.4. The highest BCUT2D eigenvalue weighted by Crippen LogP contribution is 2.16. The Hall–Kier alpha value is -1.24. The molecule has 0 spiro atoms. The van der Waals surface area contributed by atoms with Crippen molar-refractivity contribution in [2.45, 2.75) is 6.92 Å². The fraction of sp³-hybridized carbons (Fsp3) is 0.500. The molecule has 0 aliphatic rings. The average molecular weight is 270 g/mol. The first-order valence-corrected chi connectivity index (χ1v) is 6.55. The zero-order valence-electron chi connectivity index (χ0n) is 10.6. The van der Waals surface area contributed by atoms with Gasteiger partial charge in [0, 0.05) is 26.7 Å². The molecule has 0 atom stereocenters. The van der Waals surface area contributed by atoms with Crippen molar-refractivity contribution >= 4 is 23.0 Å². The lowest BCUT2D eigenvalue weighted by molar-refractivity contribution is 0.0957.